The van der Waals surface area contributed by atoms with Crippen LogP contribution in [0.3, 0.4) is 0 Å². The molecule has 0 aliphatic carbocycles. The van der Waals surface area contributed by atoms with Gasteiger partial charge in [0.2, 0.25) is 5.91 Å². The zero-order valence-corrected chi connectivity index (χ0v) is 11.7. The standard InChI is InChI=1S/C14H15N3O2S/c1-9(13(18)17-14(15)19)16-12-4-2-3-10(7-12)11-5-6-20-8-11/h2-9,16H,1H3,(H3,15,17,18,19)/t9-/m1/s1. The Balaban J connectivity index is 2.08. The number of primary amides is 1. The van der Waals surface area contributed by atoms with E-state index in [1.165, 1.54) is 0 Å². The maximum absolute atomic E-state index is 11.6. The number of anilines is 1. The summed E-state index contributed by atoms with van der Waals surface area (Å²) in [7, 11) is 0. The van der Waals surface area contributed by atoms with Crippen molar-refractivity contribution in [3.05, 3.63) is 41.1 Å². The number of rotatable bonds is 4. The van der Waals surface area contributed by atoms with E-state index in [1.807, 2.05) is 41.0 Å². The summed E-state index contributed by atoms with van der Waals surface area (Å²) in [6, 6.07) is 8.36. The second kappa shape index (κ2) is 6.21. The van der Waals surface area contributed by atoms with Gasteiger partial charge in [0.05, 0.1) is 0 Å². The van der Waals surface area contributed by atoms with Crippen molar-refractivity contribution in [1.82, 2.24) is 5.32 Å². The van der Waals surface area contributed by atoms with Crippen molar-refractivity contribution < 1.29 is 9.59 Å². The molecule has 0 fully saturated rings. The van der Waals surface area contributed by atoms with E-state index in [0.717, 1.165) is 16.8 Å². The number of carbonyl (C=O) groups excluding carboxylic acids is 2. The lowest BCUT2D eigenvalue weighted by molar-refractivity contribution is -0.120. The summed E-state index contributed by atoms with van der Waals surface area (Å²) in [5.41, 5.74) is 7.92. The summed E-state index contributed by atoms with van der Waals surface area (Å²) in [5, 5.41) is 9.15. The number of nitrogens with two attached hydrogens (primary N) is 1. The third-order valence-electron chi connectivity index (χ3n) is 2.74. The van der Waals surface area contributed by atoms with Crippen LogP contribution in [0.2, 0.25) is 0 Å². The number of carbonyl (C=O) groups is 2. The number of imide groups is 1. The molecule has 0 spiro atoms. The molecule has 4 N–H and O–H groups in total. The maximum Gasteiger partial charge on any atom is 0.318 e. The van der Waals surface area contributed by atoms with E-state index in [2.05, 4.69) is 10.7 Å². The Morgan fingerprint density at radius 1 is 1.25 bits per heavy atom. The van der Waals surface area contributed by atoms with Crippen molar-refractivity contribution in [3.63, 3.8) is 0 Å². The number of nitrogens with one attached hydrogen (secondary N) is 2. The van der Waals surface area contributed by atoms with Gasteiger partial charge in [-0.3, -0.25) is 10.1 Å². The molecule has 5 nitrogen and oxygen atoms in total. The van der Waals surface area contributed by atoms with E-state index in [-0.39, 0.29) is 0 Å². The molecule has 2 aromatic rings. The average Bonchev–Trinajstić information content (AvgIpc) is 2.92. The fourth-order valence-corrected chi connectivity index (χ4v) is 2.43. The second-order valence-corrected chi connectivity index (χ2v) is 5.09. The van der Waals surface area contributed by atoms with Crippen LogP contribution >= 0.6 is 11.3 Å². The minimum atomic E-state index is -0.851. The molecule has 1 aromatic heterocycles. The van der Waals surface area contributed by atoms with Crippen molar-refractivity contribution in [1.29, 1.82) is 0 Å². The van der Waals surface area contributed by atoms with E-state index in [9.17, 15) is 9.59 Å². The summed E-state index contributed by atoms with van der Waals surface area (Å²) in [6.45, 7) is 1.66. The van der Waals surface area contributed by atoms with Crippen molar-refractivity contribution >= 4 is 29.0 Å². The van der Waals surface area contributed by atoms with Crippen molar-refractivity contribution in [2.45, 2.75) is 13.0 Å². The van der Waals surface area contributed by atoms with Crippen LogP contribution in [0.15, 0.2) is 41.1 Å². The average molecular weight is 289 g/mol. The largest absolute Gasteiger partial charge is 0.374 e. The van der Waals surface area contributed by atoms with Crippen molar-refractivity contribution in [2.24, 2.45) is 5.73 Å². The molecule has 20 heavy (non-hydrogen) atoms. The monoisotopic (exact) mass is 289 g/mol. The number of thiophene rings is 1. The molecule has 6 heteroatoms. The van der Waals surface area contributed by atoms with Gasteiger partial charge in [-0.05, 0) is 47.0 Å². The van der Waals surface area contributed by atoms with Gasteiger partial charge in [-0.15, -0.1) is 0 Å². The molecule has 104 valence electrons. The Morgan fingerprint density at radius 3 is 2.70 bits per heavy atom. The number of amides is 3. The Bertz CT molecular complexity index is 611. The molecule has 2 rings (SSSR count). The lowest BCUT2D eigenvalue weighted by Gasteiger charge is -2.14. The first-order valence-electron chi connectivity index (χ1n) is 6.06. The van der Waals surface area contributed by atoms with E-state index in [1.54, 1.807) is 18.3 Å². The molecular weight excluding hydrogens is 274 g/mol. The van der Waals surface area contributed by atoms with E-state index in [0.29, 0.717) is 0 Å². The van der Waals surface area contributed by atoms with Crippen molar-refractivity contribution in [2.75, 3.05) is 5.32 Å². The first kappa shape index (κ1) is 14.1. The van der Waals surface area contributed by atoms with E-state index < -0.39 is 18.0 Å². The molecule has 1 heterocycles. The van der Waals surface area contributed by atoms with Crippen LogP contribution in [-0.4, -0.2) is 18.0 Å². The fourth-order valence-electron chi connectivity index (χ4n) is 1.76. The molecule has 0 saturated carbocycles. The number of benzene rings is 1. The highest BCUT2D eigenvalue weighted by molar-refractivity contribution is 7.08. The zero-order valence-electron chi connectivity index (χ0n) is 10.9. The highest BCUT2D eigenvalue weighted by atomic mass is 32.1. The molecule has 1 aromatic carbocycles. The molecule has 0 aliphatic rings. The lowest BCUT2D eigenvalue weighted by atomic mass is 10.1. The highest BCUT2D eigenvalue weighted by Gasteiger charge is 2.14. The first-order chi connectivity index (χ1) is 9.56. The third-order valence-corrected chi connectivity index (χ3v) is 3.42. The van der Waals surface area contributed by atoms with Crippen molar-refractivity contribution in [3.8, 4) is 11.1 Å². The molecule has 3 amide bonds. The van der Waals surface area contributed by atoms with Gasteiger partial charge < -0.3 is 11.1 Å². The summed E-state index contributed by atoms with van der Waals surface area (Å²) < 4.78 is 0. The van der Waals surface area contributed by atoms with Gasteiger partial charge in [0.1, 0.15) is 6.04 Å². The second-order valence-electron chi connectivity index (χ2n) is 4.31. The summed E-state index contributed by atoms with van der Waals surface area (Å²) >= 11 is 1.63. The van der Waals surface area contributed by atoms with Crippen LogP contribution in [0.4, 0.5) is 10.5 Å². The minimum absolute atomic E-state index is 0.460. The van der Waals surface area contributed by atoms with Gasteiger partial charge in [-0.1, -0.05) is 12.1 Å². The van der Waals surface area contributed by atoms with Crippen LogP contribution in [-0.2, 0) is 4.79 Å². The molecule has 0 aliphatic heterocycles. The molecule has 0 radical (unpaired) electrons. The van der Waals surface area contributed by atoms with Gasteiger partial charge >= 0.3 is 6.03 Å². The van der Waals surface area contributed by atoms with Gasteiger partial charge in [-0.2, -0.15) is 11.3 Å². The number of urea groups is 1. The van der Waals surface area contributed by atoms with E-state index >= 15 is 0 Å². The van der Waals surface area contributed by atoms with Crippen LogP contribution in [0, 0.1) is 0 Å². The smallest absolute Gasteiger partial charge is 0.318 e. The van der Waals surface area contributed by atoms with Crippen LogP contribution in [0.25, 0.3) is 11.1 Å². The van der Waals surface area contributed by atoms with Crippen LogP contribution in [0.5, 0.6) is 0 Å². The van der Waals surface area contributed by atoms with Gasteiger partial charge in [-0.25, -0.2) is 4.79 Å². The maximum atomic E-state index is 11.6. The van der Waals surface area contributed by atoms with Gasteiger partial charge in [0.15, 0.2) is 0 Å². The SMILES string of the molecule is C[C@@H](Nc1cccc(-c2ccsc2)c1)C(=O)NC(N)=O. The van der Waals surface area contributed by atoms with E-state index in [4.69, 9.17) is 5.73 Å². The Morgan fingerprint density at radius 2 is 2.05 bits per heavy atom. The quantitative estimate of drug-likeness (QED) is 0.808. The number of hydrogen-bond donors (Lipinski definition) is 3. The molecular formula is C14H15N3O2S. The summed E-state index contributed by atoms with van der Waals surface area (Å²) in [6.07, 6.45) is 0. The lowest BCUT2D eigenvalue weighted by Crippen LogP contribution is -2.43. The van der Waals surface area contributed by atoms with Gasteiger partial charge in [0, 0.05) is 5.69 Å². The number of hydrogen-bond acceptors (Lipinski definition) is 4. The Labute approximate surface area is 120 Å². The molecule has 0 saturated heterocycles. The zero-order chi connectivity index (χ0) is 14.5. The predicted molar refractivity (Wildman–Crippen MR) is 80.6 cm³/mol. The minimum Gasteiger partial charge on any atom is -0.374 e. The first-order valence-corrected chi connectivity index (χ1v) is 7.00. The van der Waals surface area contributed by atoms with Crippen LogP contribution < -0.4 is 16.4 Å². The fraction of sp³-hybridized carbons (Fsp3) is 0.143. The Kier molecular flexibility index (Phi) is 4.37. The molecule has 1 atom stereocenters. The Hall–Kier alpha value is -2.34. The molecule has 0 bridgehead atoms. The van der Waals surface area contributed by atoms with Crippen LogP contribution in [0.1, 0.15) is 6.92 Å². The summed E-state index contributed by atoms with van der Waals surface area (Å²) in [4.78, 5) is 22.2. The summed E-state index contributed by atoms with van der Waals surface area (Å²) in [5.74, 6) is -0.460. The predicted octanol–water partition coefficient (Wildman–Crippen LogP) is 2.41. The normalized spacial score (nSPS) is 11.7. The van der Waals surface area contributed by atoms with Gasteiger partial charge in [0.25, 0.3) is 0 Å². The molecule has 0 unspecified atom stereocenters. The topological polar surface area (TPSA) is 84.2 Å². The highest BCUT2D eigenvalue weighted by Crippen LogP contribution is 2.24. The third kappa shape index (κ3) is 3.58.